The van der Waals surface area contributed by atoms with Gasteiger partial charge in [0.1, 0.15) is 0 Å². The molecule has 1 N–H and O–H groups in total. The molecule has 1 heterocycles. The molecule has 3 rings (SSSR count). The second-order valence-corrected chi connectivity index (χ2v) is 7.78. The van der Waals surface area contributed by atoms with Gasteiger partial charge < -0.3 is 14.8 Å². The maximum Gasteiger partial charge on any atom is 0.252 e. The fourth-order valence-electron chi connectivity index (χ4n) is 3.36. The first-order valence-electron chi connectivity index (χ1n) is 9.11. The molecule has 1 amide bonds. The van der Waals surface area contributed by atoms with Crippen molar-refractivity contribution < 1.29 is 14.3 Å². The molecule has 0 saturated carbocycles. The number of amides is 1. The van der Waals surface area contributed by atoms with Crippen molar-refractivity contribution in [2.75, 3.05) is 27.3 Å². The van der Waals surface area contributed by atoms with E-state index in [4.69, 9.17) is 9.47 Å². The van der Waals surface area contributed by atoms with E-state index in [1.165, 1.54) is 18.4 Å². The zero-order valence-electron chi connectivity index (χ0n) is 15.8. The summed E-state index contributed by atoms with van der Waals surface area (Å²) in [7, 11) is 3.16. The Balaban J connectivity index is 1.71. The molecule has 0 radical (unpaired) electrons. The molecule has 0 spiro atoms. The topological polar surface area (TPSA) is 50.8 Å². The number of hydrogen-bond donors (Lipinski definition) is 1. The van der Waals surface area contributed by atoms with Crippen LogP contribution in [-0.2, 0) is 13.1 Å². The lowest BCUT2D eigenvalue weighted by Crippen LogP contribution is -2.25. The summed E-state index contributed by atoms with van der Waals surface area (Å²) < 4.78 is 11.4. The number of hydrogen-bond acceptors (Lipinski definition) is 4. The van der Waals surface area contributed by atoms with E-state index in [1.54, 1.807) is 20.3 Å². The van der Waals surface area contributed by atoms with Crippen LogP contribution < -0.4 is 14.8 Å². The summed E-state index contributed by atoms with van der Waals surface area (Å²) in [5.74, 6) is 1.06. The van der Waals surface area contributed by atoms with Crippen LogP contribution in [0, 0.1) is 3.57 Å². The lowest BCUT2D eigenvalue weighted by atomic mass is 10.1. The number of carbonyl (C=O) groups is 1. The number of benzene rings is 2. The Kier molecular flexibility index (Phi) is 6.95. The van der Waals surface area contributed by atoms with Crippen molar-refractivity contribution in [1.82, 2.24) is 10.2 Å². The molecular formula is C21H25IN2O3. The van der Waals surface area contributed by atoms with Gasteiger partial charge in [-0.2, -0.15) is 0 Å². The largest absolute Gasteiger partial charge is 0.493 e. The second kappa shape index (κ2) is 9.41. The zero-order valence-corrected chi connectivity index (χ0v) is 17.9. The van der Waals surface area contributed by atoms with Crippen LogP contribution in [-0.4, -0.2) is 38.1 Å². The number of halogens is 1. The zero-order chi connectivity index (χ0) is 19.2. The Hall–Kier alpha value is -1.80. The molecule has 0 unspecified atom stereocenters. The summed E-state index contributed by atoms with van der Waals surface area (Å²) in [6.45, 7) is 3.77. The normalized spacial score (nSPS) is 14.2. The monoisotopic (exact) mass is 480 g/mol. The van der Waals surface area contributed by atoms with Crippen molar-refractivity contribution in [2.24, 2.45) is 0 Å². The first-order chi connectivity index (χ1) is 13.1. The van der Waals surface area contributed by atoms with E-state index in [0.717, 1.165) is 28.8 Å². The van der Waals surface area contributed by atoms with Crippen LogP contribution in [0.5, 0.6) is 11.5 Å². The first kappa shape index (κ1) is 19.9. The number of rotatable bonds is 7. The molecule has 2 aromatic rings. The Morgan fingerprint density at radius 1 is 1.07 bits per heavy atom. The van der Waals surface area contributed by atoms with Gasteiger partial charge in [-0.15, -0.1) is 0 Å². The first-order valence-corrected chi connectivity index (χ1v) is 10.2. The van der Waals surface area contributed by atoms with E-state index >= 15 is 0 Å². The third-order valence-electron chi connectivity index (χ3n) is 4.87. The van der Waals surface area contributed by atoms with Crippen molar-refractivity contribution in [2.45, 2.75) is 25.9 Å². The third-order valence-corrected chi connectivity index (χ3v) is 5.76. The van der Waals surface area contributed by atoms with Crippen LogP contribution in [0.1, 0.15) is 34.3 Å². The summed E-state index contributed by atoms with van der Waals surface area (Å²) in [6.07, 6.45) is 2.55. The lowest BCUT2D eigenvalue weighted by Gasteiger charge is -2.18. The van der Waals surface area contributed by atoms with Crippen LogP contribution in [0.4, 0.5) is 0 Å². The summed E-state index contributed by atoms with van der Waals surface area (Å²) in [4.78, 5) is 15.2. The molecule has 0 aliphatic carbocycles. The highest BCUT2D eigenvalue weighted by Crippen LogP contribution is 2.31. The Morgan fingerprint density at radius 3 is 2.37 bits per heavy atom. The molecular weight excluding hydrogens is 455 g/mol. The van der Waals surface area contributed by atoms with E-state index in [2.05, 4.69) is 51.0 Å². The van der Waals surface area contributed by atoms with E-state index in [1.807, 2.05) is 12.1 Å². The van der Waals surface area contributed by atoms with Crippen molar-refractivity contribution >= 4 is 28.5 Å². The predicted molar refractivity (Wildman–Crippen MR) is 114 cm³/mol. The average molecular weight is 480 g/mol. The minimum atomic E-state index is -0.115. The minimum absolute atomic E-state index is 0.115. The molecule has 1 aliphatic rings. The Labute approximate surface area is 174 Å². The standard InChI is InChI=1S/C21H25IN2O3/c1-26-19-11-17(18(22)12-20(19)27-2)21(25)23-13-15-7-3-4-8-16(15)14-24-9-5-6-10-24/h3-4,7-8,11-12H,5-6,9-10,13-14H2,1-2H3,(H,23,25). The van der Waals surface area contributed by atoms with Crippen LogP contribution in [0.25, 0.3) is 0 Å². The number of nitrogens with one attached hydrogen (secondary N) is 1. The SMILES string of the molecule is COc1cc(I)c(C(=O)NCc2ccccc2CN2CCCC2)cc1OC. The Bertz CT molecular complexity index is 804. The van der Waals surface area contributed by atoms with Crippen molar-refractivity contribution in [3.05, 3.63) is 56.7 Å². The van der Waals surface area contributed by atoms with Crippen LogP contribution in [0.2, 0.25) is 0 Å². The average Bonchev–Trinajstić information content (AvgIpc) is 3.19. The van der Waals surface area contributed by atoms with Gasteiger partial charge in [-0.1, -0.05) is 24.3 Å². The number of methoxy groups -OCH3 is 2. The third kappa shape index (κ3) is 4.93. The molecule has 0 atom stereocenters. The van der Waals surface area contributed by atoms with Gasteiger partial charge in [-0.3, -0.25) is 9.69 Å². The van der Waals surface area contributed by atoms with E-state index in [9.17, 15) is 4.79 Å². The highest BCUT2D eigenvalue weighted by atomic mass is 127. The number of carbonyl (C=O) groups excluding carboxylic acids is 1. The van der Waals surface area contributed by atoms with Crippen molar-refractivity contribution in [1.29, 1.82) is 0 Å². The molecule has 27 heavy (non-hydrogen) atoms. The predicted octanol–water partition coefficient (Wildman–Crippen LogP) is 3.83. The number of nitrogens with zero attached hydrogens (tertiary/aromatic N) is 1. The second-order valence-electron chi connectivity index (χ2n) is 6.62. The van der Waals surface area contributed by atoms with Crippen molar-refractivity contribution in [3.8, 4) is 11.5 Å². The molecule has 2 aromatic carbocycles. The molecule has 1 saturated heterocycles. The summed E-state index contributed by atoms with van der Waals surface area (Å²) in [5.41, 5.74) is 3.03. The van der Waals surface area contributed by atoms with Gasteiger partial charge in [0.05, 0.1) is 19.8 Å². The number of ether oxygens (including phenoxy) is 2. The van der Waals surface area contributed by atoms with Gasteiger partial charge in [0, 0.05) is 16.7 Å². The lowest BCUT2D eigenvalue weighted by molar-refractivity contribution is 0.0949. The minimum Gasteiger partial charge on any atom is -0.493 e. The van der Waals surface area contributed by atoms with E-state index < -0.39 is 0 Å². The fraction of sp³-hybridized carbons (Fsp3) is 0.381. The number of likely N-dealkylation sites (tertiary alicyclic amines) is 1. The molecule has 1 aliphatic heterocycles. The van der Waals surface area contributed by atoms with Gasteiger partial charge in [-0.25, -0.2) is 0 Å². The summed E-state index contributed by atoms with van der Waals surface area (Å²) in [6, 6.07) is 11.9. The molecule has 5 nitrogen and oxygen atoms in total. The van der Waals surface area contributed by atoms with Gasteiger partial charge in [0.2, 0.25) is 0 Å². The van der Waals surface area contributed by atoms with Crippen LogP contribution in [0.15, 0.2) is 36.4 Å². The van der Waals surface area contributed by atoms with Crippen molar-refractivity contribution in [3.63, 3.8) is 0 Å². The van der Waals surface area contributed by atoms with Gasteiger partial charge >= 0.3 is 0 Å². The van der Waals surface area contributed by atoms with Crippen LogP contribution >= 0.6 is 22.6 Å². The molecule has 0 aromatic heterocycles. The highest BCUT2D eigenvalue weighted by molar-refractivity contribution is 14.1. The van der Waals surface area contributed by atoms with E-state index in [-0.39, 0.29) is 5.91 Å². The van der Waals surface area contributed by atoms with Gasteiger partial charge in [-0.05, 0) is 71.8 Å². The fourth-order valence-corrected chi connectivity index (χ4v) is 4.05. The Morgan fingerprint density at radius 2 is 1.70 bits per heavy atom. The maximum atomic E-state index is 12.7. The summed E-state index contributed by atoms with van der Waals surface area (Å²) in [5, 5.41) is 3.05. The van der Waals surface area contributed by atoms with Gasteiger partial charge in [0.25, 0.3) is 5.91 Å². The molecule has 6 heteroatoms. The molecule has 1 fully saturated rings. The van der Waals surface area contributed by atoms with Crippen LogP contribution in [0.3, 0.4) is 0 Å². The smallest absolute Gasteiger partial charge is 0.252 e. The quantitative estimate of drug-likeness (QED) is 0.613. The van der Waals surface area contributed by atoms with Gasteiger partial charge in [0.15, 0.2) is 11.5 Å². The van der Waals surface area contributed by atoms with E-state index in [0.29, 0.717) is 23.6 Å². The summed E-state index contributed by atoms with van der Waals surface area (Å²) >= 11 is 2.15. The highest BCUT2D eigenvalue weighted by Gasteiger charge is 2.17. The maximum absolute atomic E-state index is 12.7. The molecule has 144 valence electrons. The molecule has 0 bridgehead atoms.